The molecule has 3 heterocycles. The van der Waals surface area contributed by atoms with E-state index in [0.717, 1.165) is 31.7 Å². The summed E-state index contributed by atoms with van der Waals surface area (Å²) in [7, 11) is 0. The first-order valence-electron chi connectivity index (χ1n) is 10.4. The van der Waals surface area contributed by atoms with Crippen LogP contribution in [-0.4, -0.2) is 52.2 Å². The van der Waals surface area contributed by atoms with Gasteiger partial charge in [-0.1, -0.05) is 11.6 Å². The molecule has 8 heteroatoms. The largest absolute Gasteiger partial charge is 0.468 e. The number of amides is 2. The lowest BCUT2D eigenvalue weighted by molar-refractivity contribution is 0.180. The monoisotopic (exact) mass is 387 g/mol. The Bertz CT molecular complexity index is 750. The second-order valence-electron chi connectivity index (χ2n) is 7.65. The molecule has 0 radical (unpaired) electrons. The van der Waals surface area contributed by atoms with Gasteiger partial charge in [-0.3, -0.25) is 4.90 Å². The minimum absolute atomic E-state index is 0.0653. The predicted octanol–water partition coefficient (Wildman–Crippen LogP) is 3.30. The number of furan rings is 1. The standard InChI is InChI=1S/C20H29N5O3/c1-2-24(14-18-22-19(28-23-18)15-7-5-8-15)20(26)21-13-16(17-9-6-12-27-17)25-10-3-4-11-25/h6,9,12,15-16H,2-5,7-8,10-11,13-14H2,1H3,(H,21,26)/t16-/m0/s1. The predicted molar refractivity (Wildman–Crippen MR) is 103 cm³/mol. The number of carbonyl (C=O) groups is 1. The molecule has 2 amide bonds. The maximum atomic E-state index is 12.8. The molecular formula is C20H29N5O3. The number of hydrogen-bond acceptors (Lipinski definition) is 6. The third-order valence-corrected chi connectivity index (χ3v) is 5.84. The summed E-state index contributed by atoms with van der Waals surface area (Å²) in [6.07, 6.45) is 7.52. The SMILES string of the molecule is CCN(Cc1noc(C2CCC2)n1)C(=O)NC[C@@H](c1ccco1)N1CCCC1. The molecule has 8 nitrogen and oxygen atoms in total. The summed E-state index contributed by atoms with van der Waals surface area (Å²) < 4.78 is 11.0. The Balaban J connectivity index is 1.34. The highest BCUT2D eigenvalue weighted by Gasteiger charge is 2.28. The van der Waals surface area contributed by atoms with Crippen LogP contribution in [0.2, 0.25) is 0 Å². The molecule has 1 saturated carbocycles. The van der Waals surface area contributed by atoms with Gasteiger partial charge >= 0.3 is 6.03 Å². The van der Waals surface area contributed by atoms with Crippen molar-refractivity contribution in [2.45, 2.75) is 57.5 Å². The molecule has 0 aromatic carbocycles. The van der Waals surface area contributed by atoms with E-state index in [1.165, 1.54) is 19.3 Å². The van der Waals surface area contributed by atoms with Crippen molar-refractivity contribution in [1.82, 2.24) is 25.3 Å². The molecule has 1 N–H and O–H groups in total. The number of aromatic nitrogens is 2. The van der Waals surface area contributed by atoms with Gasteiger partial charge in [0.1, 0.15) is 5.76 Å². The summed E-state index contributed by atoms with van der Waals surface area (Å²) in [5.74, 6) is 2.58. The molecule has 1 aliphatic carbocycles. The minimum Gasteiger partial charge on any atom is -0.468 e. The van der Waals surface area contributed by atoms with Gasteiger partial charge in [-0.05, 0) is 57.8 Å². The van der Waals surface area contributed by atoms with E-state index in [4.69, 9.17) is 8.94 Å². The Labute approximate surface area is 165 Å². The summed E-state index contributed by atoms with van der Waals surface area (Å²) in [4.78, 5) is 21.3. The van der Waals surface area contributed by atoms with E-state index >= 15 is 0 Å². The van der Waals surface area contributed by atoms with Crippen molar-refractivity contribution in [2.24, 2.45) is 0 Å². The molecule has 2 aromatic rings. The molecule has 2 fully saturated rings. The zero-order chi connectivity index (χ0) is 19.3. The van der Waals surface area contributed by atoms with E-state index in [-0.39, 0.29) is 12.1 Å². The highest BCUT2D eigenvalue weighted by atomic mass is 16.5. The topological polar surface area (TPSA) is 87.6 Å². The first-order chi connectivity index (χ1) is 13.7. The highest BCUT2D eigenvalue weighted by Crippen LogP contribution is 2.35. The van der Waals surface area contributed by atoms with Crippen LogP contribution < -0.4 is 5.32 Å². The first kappa shape index (κ1) is 19.0. The van der Waals surface area contributed by atoms with E-state index in [2.05, 4.69) is 20.4 Å². The van der Waals surface area contributed by atoms with Gasteiger partial charge in [0.25, 0.3) is 0 Å². The van der Waals surface area contributed by atoms with Crippen LogP contribution in [0.15, 0.2) is 27.3 Å². The third kappa shape index (κ3) is 4.22. The van der Waals surface area contributed by atoms with Crippen molar-refractivity contribution in [1.29, 1.82) is 0 Å². The number of nitrogens with zero attached hydrogens (tertiary/aromatic N) is 4. The van der Waals surface area contributed by atoms with Crippen molar-refractivity contribution in [3.8, 4) is 0 Å². The van der Waals surface area contributed by atoms with Crippen molar-refractivity contribution in [2.75, 3.05) is 26.2 Å². The molecule has 1 atom stereocenters. The van der Waals surface area contributed by atoms with Crippen LogP contribution in [0.3, 0.4) is 0 Å². The fourth-order valence-electron chi connectivity index (χ4n) is 3.89. The van der Waals surface area contributed by atoms with Gasteiger partial charge in [-0.2, -0.15) is 4.98 Å². The highest BCUT2D eigenvalue weighted by molar-refractivity contribution is 5.74. The molecule has 0 unspecified atom stereocenters. The smallest absolute Gasteiger partial charge is 0.317 e. The van der Waals surface area contributed by atoms with Crippen molar-refractivity contribution < 1.29 is 13.7 Å². The Morgan fingerprint density at radius 2 is 2.18 bits per heavy atom. The van der Waals surface area contributed by atoms with Crippen LogP contribution in [0.4, 0.5) is 4.79 Å². The average molecular weight is 387 g/mol. The second-order valence-corrected chi connectivity index (χ2v) is 7.65. The fraction of sp³-hybridized carbons (Fsp3) is 0.650. The molecule has 0 spiro atoms. The molecule has 152 valence electrons. The van der Waals surface area contributed by atoms with Crippen LogP contribution >= 0.6 is 0 Å². The summed E-state index contributed by atoms with van der Waals surface area (Å²) in [5.41, 5.74) is 0. The van der Waals surface area contributed by atoms with Gasteiger partial charge in [-0.15, -0.1) is 0 Å². The molecule has 1 aliphatic heterocycles. The lowest BCUT2D eigenvalue weighted by Gasteiger charge is -2.27. The molecule has 1 saturated heterocycles. The normalized spacial score (nSPS) is 18.8. The molecule has 2 aliphatic rings. The Kier molecular flexibility index (Phi) is 5.95. The minimum atomic E-state index is -0.117. The van der Waals surface area contributed by atoms with E-state index in [1.807, 2.05) is 19.1 Å². The summed E-state index contributed by atoms with van der Waals surface area (Å²) in [5, 5.41) is 7.13. The number of carbonyl (C=O) groups excluding carboxylic acids is 1. The van der Waals surface area contributed by atoms with E-state index in [1.54, 1.807) is 11.2 Å². The molecule has 0 bridgehead atoms. The zero-order valence-corrected chi connectivity index (χ0v) is 16.5. The number of rotatable bonds is 8. The van der Waals surface area contributed by atoms with E-state index in [0.29, 0.717) is 37.3 Å². The maximum absolute atomic E-state index is 12.8. The molecular weight excluding hydrogens is 358 g/mol. The summed E-state index contributed by atoms with van der Waals surface area (Å²) in [6, 6.07) is 3.83. The average Bonchev–Trinajstić information content (AvgIpc) is 3.41. The molecule has 28 heavy (non-hydrogen) atoms. The van der Waals surface area contributed by atoms with E-state index in [9.17, 15) is 4.79 Å². The lowest BCUT2D eigenvalue weighted by atomic mass is 9.85. The number of likely N-dealkylation sites (tertiary alicyclic amines) is 1. The van der Waals surface area contributed by atoms with E-state index < -0.39 is 0 Å². The number of nitrogens with one attached hydrogen (secondary N) is 1. The van der Waals surface area contributed by atoms with Crippen LogP contribution in [-0.2, 0) is 6.54 Å². The Morgan fingerprint density at radius 3 is 2.82 bits per heavy atom. The Hall–Kier alpha value is -2.35. The first-order valence-corrected chi connectivity index (χ1v) is 10.4. The van der Waals surface area contributed by atoms with Gasteiger partial charge in [-0.25, -0.2) is 4.79 Å². The second kappa shape index (κ2) is 8.77. The lowest BCUT2D eigenvalue weighted by Crippen LogP contribution is -2.43. The van der Waals surface area contributed by atoms with Crippen LogP contribution in [0.25, 0.3) is 0 Å². The van der Waals surface area contributed by atoms with Gasteiger partial charge in [0, 0.05) is 19.0 Å². The number of hydrogen-bond donors (Lipinski definition) is 1. The Morgan fingerprint density at radius 1 is 1.36 bits per heavy atom. The maximum Gasteiger partial charge on any atom is 0.317 e. The van der Waals surface area contributed by atoms with Crippen LogP contribution in [0, 0.1) is 0 Å². The third-order valence-electron chi connectivity index (χ3n) is 5.84. The van der Waals surface area contributed by atoms with Gasteiger partial charge in [0.15, 0.2) is 5.82 Å². The zero-order valence-electron chi connectivity index (χ0n) is 16.5. The van der Waals surface area contributed by atoms with Gasteiger partial charge in [0.2, 0.25) is 5.89 Å². The number of urea groups is 1. The molecule has 4 rings (SSSR count). The quantitative estimate of drug-likeness (QED) is 0.748. The van der Waals surface area contributed by atoms with Crippen molar-refractivity contribution >= 4 is 6.03 Å². The van der Waals surface area contributed by atoms with Crippen molar-refractivity contribution in [3.05, 3.63) is 35.9 Å². The van der Waals surface area contributed by atoms with Gasteiger partial charge in [0.05, 0.1) is 18.8 Å². The fourth-order valence-corrected chi connectivity index (χ4v) is 3.89. The van der Waals surface area contributed by atoms with Crippen LogP contribution in [0.5, 0.6) is 0 Å². The van der Waals surface area contributed by atoms with Crippen molar-refractivity contribution in [3.63, 3.8) is 0 Å². The van der Waals surface area contributed by atoms with Gasteiger partial charge < -0.3 is 19.2 Å². The molecule has 2 aromatic heterocycles. The summed E-state index contributed by atoms with van der Waals surface area (Å²) in [6.45, 7) is 5.47. The van der Waals surface area contributed by atoms with Crippen LogP contribution in [0.1, 0.15) is 68.5 Å². The summed E-state index contributed by atoms with van der Waals surface area (Å²) >= 11 is 0.